The predicted molar refractivity (Wildman–Crippen MR) is 90.6 cm³/mol. The first-order valence-electron chi connectivity index (χ1n) is 8.06. The number of hydrogen-bond acceptors (Lipinski definition) is 4. The number of carbonyl (C=O) groups excluding carboxylic acids is 1. The molecular formula is C18H23N3O3. The summed E-state index contributed by atoms with van der Waals surface area (Å²) in [6.45, 7) is 0.414. The number of urea groups is 1. The maximum absolute atomic E-state index is 12.3. The van der Waals surface area contributed by atoms with Crippen molar-refractivity contribution >= 4 is 6.03 Å². The van der Waals surface area contributed by atoms with E-state index in [-0.39, 0.29) is 18.1 Å². The lowest BCUT2D eigenvalue weighted by Gasteiger charge is -2.24. The molecule has 1 aliphatic rings. The normalized spacial score (nSPS) is 20.7. The maximum atomic E-state index is 12.3. The van der Waals surface area contributed by atoms with E-state index in [1.54, 1.807) is 6.26 Å². The molecule has 2 aromatic rings. The molecule has 128 valence electrons. The molecule has 0 saturated heterocycles. The van der Waals surface area contributed by atoms with Gasteiger partial charge in [0.1, 0.15) is 5.76 Å². The number of furan rings is 1. The van der Waals surface area contributed by atoms with E-state index in [0.717, 1.165) is 16.9 Å². The van der Waals surface area contributed by atoms with Crippen LogP contribution in [0.1, 0.15) is 29.0 Å². The SMILES string of the molecule is CN(C)C(CNC(=O)N[C@@H]1c2ccccc2C[C@@H]1O)c1ccco1. The Balaban J connectivity index is 1.60. The Labute approximate surface area is 141 Å². The highest BCUT2D eigenvalue weighted by Gasteiger charge is 2.32. The van der Waals surface area contributed by atoms with Crippen molar-refractivity contribution in [1.29, 1.82) is 0 Å². The molecule has 0 radical (unpaired) electrons. The van der Waals surface area contributed by atoms with Crippen molar-refractivity contribution in [3.8, 4) is 0 Å². The van der Waals surface area contributed by atoms with Crippen molar-refractivity contribution in [2.45, 2.75) is 24.6 Å². The van der Waals surface area contributed by atoms with Crippen molar-refractivity contribution in [1.82, 2.24) is 15.5 Å². The van der Waals surface area contributed by atoms with Gasteiger partial charge in [-0.05, 0) is 37.4 Å². The van der Waals surface area contributed by atoms with Gasteiger partial charge in [0.05, 0.1) is 24.5 Å². The number of amides is 2. The lowest BCUT2D eigenvalue weighted by Crippen LogP contribution is -2.43. The minimum Gasteiger partial charge on any atom is -0.468 e. The summed E-state index contributed by atoms with van der Waals surface area (Å²) >= 11 is 0. The van der Waals surface area contributed by atoms with Crippen LogP contribution in [0.25, 0.3) is 0 Å². The molecule has 3 N–H and O–H groups in total. The summed E-state index contributed by atoms with van der Waals surface area (Å²) in [6.07, 6.45) is 1.59. The third-order valence-corrected chi connectivity index (χ3v) is 4.44. The van der Waals surface area contributed by atoms with E-state index in [4.69, 9.17) is 4.42 Å². The molecule has 0 saturated carbocycles. The summed E-state index contributed by atoms with van der Waals surface area (Å²) in [5.74, 6) is 0.798. The van der Waals surface area contributed by atoms with Gasteiger partial charge in [-0.15, -0.1) is 0 Å². The number of aliphatic hydroxyl groups is 1. The van der Waals surface area contributed by atoms with Crippen molar-refractivity contribution in [3.05, 3.63) is 59.5 Å². The van der Waals surface area contributed by atoms with Gasteiger partial charge in [0, 0.05) is 13.0 Å². The number of aliphatic hydroxyl groups excluding tert-OH is 1. The number of benzene rings is 1. The fourth-order valence-electron chi connectivity index (χ4n) is 3.15. The number of rotatable bonds is 5. The number of nitrogens with zero attached hydrogens (tertiary/aromatic N) is 1. The van der Waals surface area contributed by atoms with Crippen LogP contribution in [-0.4, -0.2) is 42.8 Å². The van der Waals surface area contributed by atoms with E-state index in [9.17, 15) is 9.90 Å². The Morgan fingerprint density at radius 3 is 2.83 bits per heavy atom. The second-order valence-electron chi connectivity index (χ2n) is 6.30. The molecule has 1 aromatic carbocycles. The van der Waals surface area contributed by atoms with Crippen LogP contribution in [0.15, 0.2) is 47.1 Å². The Hall–Kier alpha value is -2.31. The molecule has 0 spiro atoms. The second-order valence-corrected chi connectivity index (χ2v) is 6.30. The zero-order valence-corrected chi connectivity index (χ0v) is 13.9. The van der Waals surface area contributed by atoms with Gasteiger partial charge >= 0.3 is 6.03 Å². The van der Waals surface area contributed by atoms with Crippen LogP contribution < -0.4 is 10.6 Å². The zero-order valence-electron chi connectivity index (χ0n) is 13.9. The summed E-state index contributed by atoms with van der Waals surface area (Å²) in [5.41, 5.74) is 2.06. The average Bonchev–Trinajstić information content (AvgIpc) is 3.16. The molecule has 1 aliphatic carbocycles. The third-order valence-electron chi connectivity index (χ3n) is 4.44. The van der Waals surface area contributed by atoms with E-state index in [1.165, 1.54) is 0 Å². The van der Waals surface area contributed by atoms with E-state index in [1.807, 2.05) is 55.4 Å². The van der Waals surface area contributed by atoms with E-state index < -0.39 is 6.10 Å². The minimum absolute atomic E-state index is 0.0495. The Kier molecular flexibility index (Phi) is 4.87. The van der Waals surface area contributed by atoms with Gasteiger partial charge in [-0.25, -0.2) is 4.79 Å². The molecule has 0 bridgehead atoms. The van der Waals surface area contributed by atoms with Crippen molar-refractivity contribution in [2.75, 3.05) is 20.6 Å². The summed E-state index contributed by atoms with van der Waals surface area (Å²) in [4.78, 5) is 14.3. The fourth-order valence-corrected chi connectivity index (χ4v) is 3.15. The van der Waals surface area contributed by atoms with Crippen LogP contribution in [0.4, 0.5) is 4.79 Å². The lowest BCUT2D eigenvalue weighted by molar-refractivity contribution is 0.141. The van der Waals surface area contributed by atoms with E-state index in [2.05, 4.69) is 10.6 Å². The highest BCUT2D eigenvalue weighted by Crippen LogP contribution is 2.31. The molecule has 6 heteroatoms. The zero-order chi connectivity index (χ0) is 17.1. The number of likely N-dealkylation sites (N-methyl/N-ethyl adjacent to an activating group) is 1. The maximum Gasteiger partial charge on any atom is 0.315 e. The number of nitrogens with one attached hydrogen (secondary N) is 2. The minimum atomic E-state index is -0.595. The predicted octanol–water partition coefficient (Wildman–Crippen LogP) is 1.84. The van der Waals surface area contributed by atoms with Crippen LogP contribution in [-0.2, 0) is 6.42 Å². The number of carbonyl (C=O) groups is 1. The fraction of sp³-hybridized carbons (Fsp3) is 0.389. The Morgan fingerprint density at radius 2 is 2.12 bits per heavy atom. The van der Waals surface area contributed by atoms with Crippen LogP contribution in [0.2, 0.25) is 0 Å². The smallest absolute Gasteiger partial charge is 0.315 e. The first-order valence-corrected chi connectivity index (χ1v) is 8.06. The Bertz CT molecular complexity index is 685. The first-order chi connectivity index (χ1) is 11.6. The van der Waals surface area contributed by atoms with Crippen LogP contribution in [0, 0.1) is 0 Å². The monoisotopic (exact) mass is 329 g/mol. The van der Waals surface area contributed by atoms with Gasteiger partial charge in [0.15, 0.2) is 0 Å². The molecule has 1 aromatic heterocycles. The topological polar surface area (TPSA) is 77.7 Å². The van der Waals surface area contributed by atoms with Gasteiger partial charge in [-0.2, -0.15) is 0 Å². The Morgan fingerprint density at radius 1 is 1.33 bits per heavy atom. The summed E-state index contributed by atoms with van der Waals surface area (Å²) in [7, 11) is 3.87. The average molecular weight is 329 g/mol. The van der Waals surface area contributed by atoms with Gasteiger partial charge in [0.2, 0.25) is 0 Å². The highest BCUT2D eigenvalue weighted by atomic mass is 16.3. The molecular weight excluding hydrogens is 306 g/mol. The largest absolute Gasteiger partial charge is 0.468 e. The summed E-state index contributed by atoms with van der Waals surface area (Å²) in [5, 5.41) is 16.0. The van der Waals surface area contributed by atoms with Crippen LogP contribution in [0.3, 0.4) is 0 Å². The molecule has 3 rings (SSSR count). The molecule has 1 unspecified atom stereocenters. The van der Waals surface area contributed by atoms with Crippen LogP contribution in [0.5, 0.6) is 0 Å². The van der Waals surface area contributed by atoms with Crippen LogP contribution >= 0.6 is 0 Å². The molecule has 2 amide bonds. The molecule has 3 atom stereocenters. The van der Waals surface area contributed by atoms with Gasteiger partial charge in [0.25, 0.3) is 0 Å². The number of hydrogen-bond donors (Lipinski definition) is 3. The standard InChI is InChI=1S/C18H23N3O3/c1-21(2)14(16-8-5-9-24-16)11-19-18(23)20-17-13-7-4-3-6-12(13)10-15(17)22/h3-9,14-15,17,22H,10-11H2,1-2H3,(H2,19,20,23)/t14?,15-,17+/m0/s1. The summed E-state index contributed by atoms with van der Waals surface area (Å²) in [6, 6.07) is 10.8. The first kappa shape index (κ1) is 16.5. The van der Waals surface area contributed by atoms with Gasteiger partial charge in [-0.1, -0.05) is 24.3 Å². The van der Waals surface area contributed by atoms with Crippen molar-refractivity contribution in [2.24, 2.45) is 0 Å². The highest BCUT2D eigenvalue weighted by molar-refractivity contribution is 5.74. The van der Waals surface area contributed by atoms with E-state index in [0.29, 0.717) is 13.0 Å². The molecule has 1 heterocycles. The molecule has 24 heavy (non-hydrogen) atoms. The molecule has 0 aliphatic heterocycles. The van der Waals surface area contributed by atoms with E-state index >= 15 is 0 Å². The summed E-state index contributed by atoms with van der Waals surface area (Å²) < 4.78 is 5.43. The molecule has 0 fully saturated rings. The van der Waals surface area contributed by atoms with Gasteiger partial charge < -0.3 is 20.2 Å². The van der Waals surface area contributed by atoms with Crippen molar-refractivity contribution in [3.63, 3.8) is 0 Å². The quantitative estimate of drug-likeness (QED) is 0.782. The second kappa shape index (κ2) is 7.07. The van der Waals surface area contributed by atoms with Gasteiger partial charge in [-0.3, -0.25) is 4.90 Å². The van der Waals surface area contributed by atoms with Crippen molar-refractivity contribution < 1.29 is 14.3 Å². The lowest BCUT2D eigenvalue weighted by atomic mass is 10.1. The third kappa shape index (κ3) is 3.44. The molecule has 6 nitrogen and oxygen atoms in total. The number of fused-ring (bicyclic) bond motifs is 1.